The number of halogens is 2. The normalized spacial score (nSPS) is 9.53. The van der Waals surface area contributed by atoms with Gasteiger partial charge in [-0.25, -0.2) is 4.39 Å². The fourth-order valence-electron chi connectivity index (χ4n) is 1.32. The van der Waals surface area contributed by atoms with Gasteiger partial charge < -0.3 is 10.6 Å². The van der Waals surface area contributed by atoms with Crippen LogP contribution in [0.5, 0.6) is 0 Å². The molecule has 2 N–H and O–H groups in total. The van der Waals surface area contributed by atoms with Gasteiger partial charge in [0.2, 0.25) is 5.91 Å². The number of rotatable bonds is 6. The zero-order valence-electron chi connectivity index (χ0n) is 9.83. The smallest absolute Gasteiger partial charge is 0.220 e. The van der Waals surface area contributed by atoms with Gasteiger partial charge in [-0.3, -0.25) is 4.79 Å². The number of hydrogen-bond acceptors (Lipinski definition) is 2. The molecule has 17 heavy (non-hydrogen) atoms. The molecule has 96 valence electrons. The lowest BCUT2D eigenvalue weighted by Crippen LogP contribution is -2.23. The Morgan fingerprint density at radius 2 is 1.94 bits per heavy atom. The van der Waals surface area contributed by atoms with Crippen molar-refractivity contribution in [3.05, 3.63) is 35.6 Å². The molecule has 0 radical (unpaired) electrons. The Kier molecular flexibility index (Phi) is 8.36. The Bertz CT molecular complexity index is 330. The number of carbonyl (C=O) groups is 1. The summed E-state index contributed by atoms with van der Waals surface area (Å²) in [5.41, 5.74) is 0.906. The molecule has 1 amide bonds. The minimum absolute atomic E-state index is 0. The molecule has 0 saturated heterocycles. The Morgan fingerprint density at radius 3 is 2.53 bits per heavy atom. The summed E-state index contributed by atoms with van der Waals surface area (Å²) in [6.45, 7) is 1.29. The minimum Gasteiger partial charge on any atom is -0.352 e. The highest BCUT2D eigenvalue weighted by Crippen LogP contribution is 2.02. The summed E-state index contributed by atoms with van der Waals surface area (Å²) in [4.78, 5) is 11.3. The highest BCUT2D eigenvalue weighted by atomic mass is 35.5. The summed E-state index contributed by atoms with van der Waals surface area (Å²) in [5.74, 6) is -0.233. The molecule has 1 rings (SSSR count). The van der Waals surface area contributed by atoms with Gasteiger partial charge in [-0.2, -0.15) is 0 Å². The van der Waals surface area contributed by atoms with Gasteiger partial charge >= 0.3 is 0 Å². The van der Waals surface area contributed by atoms with E-state index >= 15 is 0 Å². The highest BCUT2D eigenvalue weighted by Gasteiger charge is 2.00. The van der Waals surface area contributed by atoms with Gasteiger partial charge in [0.1, 0.15) is 5.82 Å². The molecular weight excluding hydrogens is 243 g/mol. The summed E-state index contributed by atoms with van der Waals surface area (Å²) in [6.07, 6.45) is 1.34. The SMILES string of the molecule is CNCCCC(=O)NCc1ccc(F)cc1.Cl. The number of nitrogens with one attached hydrogen (secondary N) is 2. The van der Waals surface area contributed by atoms with Crippen LogP contribution in [-0.2, 0) is 11.3 Å². The minimum atomic E-state index is -0.260. The lowest BCUT2D eigenvalue weighted by Gasteiger charge is -2.05. The molecule has 0 spiro atoms. The summed E-state index contributed by atoms with van der Waals surface area (Å²) >= 11 is 0. The molecule has 0 saturated carbocycles. The van der Waals surface area contributed by atoms with E-state index in [4.69, 9.17) is 0 Å². The molecule has 3 nitrogen and oxygen atoms in total. The molecule has 0 atom stereocenters. The fourth-order valence-corrected chi connectivity index (χ4v) is 1.32. The molecule has 0 aliphatic heterocycles. The van der Waals surface area contributed by atoms with Crippen LogP contribution in [0.25, 0.3) is 0 Å². The Morgan fingerprint density at radius 1 is 1.29 bits per heavy atom. The molecule has 0 aliphatic carbocycles. The van der Waals surface area contributed by atoms with E-state index in [1.54, 1.807) is 12.1 Å². The van der Waals surface area contributed by atoms with Crippen molar-refractivity contribution >= 4 is 18.3 Å². The second kappa shape index (κ2) is 8.96. The summed E-state index contributed by atoms with van der Waals surface area (Å²) in [7, 11) is 1.86. The summed E-state index contributed by atoms with van der Waals surface area (Å²) < 4.78 is 12.6. The molecular formula is C12H18ClFN2O. The standard InChI is InChI=1S/C12H17FN2O.ClH/c1-14-8-2-3-12(16)15-9-10-4-6-11(13)7-5-10;/h4-7,14H,2-3,8-9H2,1H3,(H,15,16);1H. The highest BCUT2D eigenvalue weighted by molar-refractivity contribution is 5.85. The molecule has 0 heterocycles. The number of hydrogen-bond donors (Lipinski definition) is 2. The average molecular weight is 261 g/mol. The van der Waals surface area contributed by atoms with Gasteiger partial charge in [-0.1, -0.05) is 12.1 Å². The van der Waals surface area contributed by atoms with E-state index in [9.17, 15) is 9.18 Å². The third kappa shape index (κ3) is 6.92. The molecule has 0 unspecified atom stereocenters. The quantitative estimate of drug-likeness (QED) is 0.767. The Balaban J connectivity index is 0.00000256. The second-order valence-electron chi connectivity index (χ2n) is 3.61. The van der Waals surface area contributed by atoms with Crippen molar-refractivity contribution in [3.8, 4) is 0 Å². The van der Waals surface area contributed by atoms with E-state index in [-0.39, 0.29) is 24.1 Å². The first-order valence-corrected chi connectivity index (χ1v) is 5.38. The molecule has 0 fully saturated rings. The zero-order chi connectivity index (χ0) is 11.8. The monoisotopic (exact) mass is 260 g/mol. The van der Waals surface area contributed by atoms with E-state index in [0.29, 0.717) is 13.0 Å². The zero-order valence-corrected chi connectivity index (χ0v) is 10.6. The average Bonchev–Trinajstić information content (AvgIpc) is 2.29. The van der Waals surface area contributed by atoms with Crippen LogP contribution >= 0.6 is 12.4 Å². The lowest BCUT2D eigenvalue weighted by atomic mass is 10.2. The first-order valence-electron chi connectivity index (χ1n) is 5.38. The van der Waals surface area contributed by atoms with Crippen LogP contribution < -0.4 is 10.6 Å². The lowest BCUT2D eigenvalue weighted by molar-refractivity contribution is -0.121. The predicted octanol–water partition coefficient (Wildman–Crippen LogP) is 1.86. The van der Waals surface area contributed by atoms with Crippen LogP contribution in [0.1, 0.15) is 18.4 Å². The third-order valence-electron chi connectivity index (χ3n) is 2.23. The van der Waals surface area contributed by atoms with Crippen molar-refractivity contribution in [2.45, 2.75) is 19.4 Å². The Labute approximate surface area is 107 Å². The number of benzene rings is 1. The van der Waals surface area contributed by atoms with Crippen LogP contribution in [-0.4, -0.2) is 19.5 Å². The van der Waals surface area contributed by atoms with E-state index in [1.165, 1.54) is 12.1 Å². The van der Waals surface area contributed by atoms with Gasteiger partial charge in [-0.05, 0) is 37.7 Å². The van der Waals surface area contributed by atoms with Crippen molar-refractivity contribution in [2.75, 3.05) is 13.6 Å². The van der Waals surface area contributed by atoms with Gasteiger partial charge in [0, 0.05) is 13.0 Å². The number of amides is 1. The van der Waals surface area contributed by atoms with Gasteiger partial charge in [0.05, 0.1) is 0 Å². The van der Waals surface area contributed by atoms with E-state index in [0.717, 1.165) is 18.5 Å². The Hall–Kier alpha value is -1.13. The van der Waals surface area contributed by atoms with Crippen LogP contribution in [0.4, 0.5) is 4.39 Å². The van der Waals surface area contributed by atoms with Crippen molar-refractivity contribution in [1.29, 1.82) is 0 Å². The van der Waals surface area contributed by atoms with E-state index in [1.807, 2.05) is 7.05 Å². The van der Waals surface area contributed by atoms with Gasteiger partial charge in [0.15, 0.2) is 0 Å². The molecule has 0 aliphatic rings. The maximum Gasteiger partial charge on any atom is 0.220 e. The van der Waals surface area contributed by atoms with Crippen LogP contribution in [0.3, 0.4) is 0 Å². The van der Waals surface area contributed by atoms with Crippen LogP contribution in [0, 0.1) is 5.82 Å². The first-order chi connectivity index (χ1) is 7.72. The maximum atomic E-state index is 12.6. The van der Waals surface area contributed by atoms with E-state index < -0.39 is 0 Å². The fraction of sp³-hybridized carbons (Fsp3) is 0.417. The molecule has 5 heteroatoms. The van der Waals surface area contributed by atoms with Crippen molar-refractivity contribution in [3.63, 3.8) is 0 Å². The van der Waals surface area contributed by atoms with Gasteiger partial charge in [0.25, 0.3) is 0 Å². The van der Waals surface area contributed by atoms with Crippen molar-refractivity contribution in [1.82, 2.24) is 10.6 Å². The molecule has 1 aromatic rings. The number of carbonyl (C=O) groups excluding carboxylic acids is 1. The van der Waals surface area contributed by atoms with E-state index in [2.05, 4.69) is 10.6 Å². The van der Waals surface area contributed by atoms with Crippen LogP contribution in [0.2, 0.25) is 0 Å². The molecule has 0 aromatic heterocycles. The summed E-state index contributed by atoms with van der Waals surface area (Å²) in [6, 6.07) is 6.12. The topological polar surface area (TPSA) is 41.1 Å². The van der Waals surface area contributed by atoms with Gasteiger partial charge in [-0.15, -0.1) is 12.4 Å². The second-order valence-corrected chi connectivity index (χ2v) is 3.61. The maximum absolute atomic E-state index is 12.6. The molecule has 0 bridgehead atoms. The van der Waals surface area contributed by atoms with Crippen molar-refractivity contribution in [2.24, 2.45) is 0 Å². The first kappa shape index (κ1) is 15.9. The van der Waals surface area contributed by atoms with Crippen LogP contribution in [0.15, 0.2) is 24.3 Å². The molecule has 1 aromatic carbocycles. The third-order valence-corrected chi connectivity index (χ3v) is 2.23. The summed E-state index contributed by atoms with van der Waals surface area (Å²) in [5, 5.41) is 5.77. The van der Waals surface area contributed by atoms with Crippen molar-refractivity contribution < 1.29 is 9.18 Å². The largest absolute Gasteiger partial charge is 0.352 e. The predicted molar refractivity (Wildman–Crippen MR) is 68.7 cm³/mol.